The van der Waals surface area contributed by atoms with E-state index in [-0.39, 0.29) is 0 Å². The van der Waals surface area contributed by atoms with Crippen LogP contribution in [0.1, 0.15) is 51.5 Å². The molecule has 1 N–H and O–H groups in total. The van der Waals surface area contributed by atoms with Gasteiger partial charge in [-0.2, -0.15) is 0 Å². The van der Waals surface area contributed by atoms with Crippen LogP contribution in [0.25, 0.3) is 11.0 Å². The summed E-state index contributed by atoms with van der Waals surface area (Å²) in [6.07, 6.45) is 10.8. The first-order valence-electron chi connectivity index (χ1n) is 8.00. The summed E-state index contributed by atoms with van der Waals surface area (Å²) in [5.41, 5.74) is 2.50. The van der Waals surface area contributed by atoms with Gasteiger partial charge in [-0.05, 0) is 30.7 Å². The summed E-state index contributed by atoms with van der Waals surface area (Å²) in [7, 11) is 0. The zero-order chi connectivity index (χ0) is 14.2. The molecule has 2 aromatic heterocycles. The molecular weight excluding hydrogens is 246 g/mol. The third-order valence-corrected chi connectivity index (χ3v) is 3.78. The van der Waals surface area contributed by atoms with Gasteiger partial charge in [-0.1, -0.05) is 39.5 Å². The smallest absolute Gasteiger partial charge is 0.140 e. The molecule has 2 aromatic rings. The van der Waals surface area contributed by atoms with E-state index in [2.05, 4.69) is 41.0 Å². The first-order valence-corrected chi connectivity index (χ1v) is 8.00. The largest absolute Gasteiger partial charge is 0.332 e. The number of rotatable bonds is 9. The highest BCUT2D eigenvalue weighted by Gasteiger charge is 2.08. The summed E-state index contributed by atoms with van der Waals surface area (Å²) < 4.78 is 2.33. The predicted molar refractivity (Wildman–Crippen MR) is 85.9 cm³/mol. The maximum absolute atomic E-state index is 4.56. The van der Waals surface area contributed by atoms with Crippen molar-refractivity contribution in [1.29, 1.82) is 0 Å². The summed E-state index contributed by atoms with van der Waals surface area (Å²) in [6, 6.07) is 4.21. The van der Waals surface area contributed by atoms with Crippen molar-refractivity contribution in [3.05, 3.63) is 30.1 Å². The van der Waals surface area contributed by atoms with Crippen LogP contribution in [-0.4, -0.2) is 16.1 Å². The average Bonchev–Trinajstić information content (AvgIpc) is 2.83. The molecule has 0 atom stereocenters. The number of fused-ring (bicyclic) bond motifs is 1. The second kappa shape index (κ2) is 8.05. The average molecular weight is 273 g/mol. The van der Waals surface area contributed by atoms with Crippen molar-refractivity contribution < 1.29 is 0 Å². The first-order chi connectivity index (χ1) is 9.86. The van der Waals surface area contributed by atoms with Crippen LogP contribution in [0.15, 0.2) is 24.5 Å². The van der Waals surface area contributed by atoms with Crippen LogP contribution in [0.3, 0.4) is 0 Å². The molecular formula is C17H27N3. The second-order valence-corrected chi connectivity index (χ2v) is 5.42. The zero-order valence-electron chi connectivity index (χ0n) is 12.9. The minimum absolute atomic E-state index is 0.932. The fourth-order valence-corrected chi connectivity index (χ4v) is 2.65. The third kappa shape index (κ3) is 3.83. The quantitative estimate of drug-likeness (QED) is 0.697. The molecule has 0 aromatic carbocycles. The van der Waals surface area contributed by atoms with Gasteiger partial charge in [0.15, 0.2) is 0 Å². The Morgan fingerprint density at radius 3 is 2.80 bits per heavy atom. The van der Waals surface area contributed by atoms with Gasteiger partial charge in [-0.3, -0.25) is 0 Å². The number of unbranched alkanes of at least 4 members (excludes halogenated alkanes) is 4. The van der Waals surface area contributed by atoms with Gasteiger partial charge in [0.25, 0.3) is 0 Å². The van der Waals surface area contributed by atoms with E-state index in [1.807, 2.05) is 12.3 Å². The van der Waals surface area contributed by atoms with Crippen molar-refractivity contribution in [2.75, 3.05) is 6.54 Å². The van der Waals surface area contributed by atoms with Crippen LogP contribution < -0.4 is 5.32 Å². The zero-order valence-corrected chi connectivity index (χ0v) is 12.9. The highest BCUT2D eigenvalue weighted by atomic mass is 15.0. The van der Waals surface area contributed by atoms with Gasteiger partial charge in [0.2, 0.25) is 0 Å². The molecule has 0 saturated heterocycles. The van der Waals surface area contributed by atoms with Crippen LogP contribution in [-0.2, 0) is 13.1 Å². The Hall–Kier alpha value is -1.35. The lowest BCUT2D eigenvalue weighted by molar-refractivity contribution is 0.574. The highest BCUT2D eigenvalue weighted by Crippen LogP contribution is 2.20. The molecule has 20 heavy (non-hydrogen) atoms. The molecule has 0 spiro atoms. The van der Waals surface area contributed by atoms with Crippen molar-refractivity contribution in [2.45, 2.75) is 59.0 Å². The van der Waals surface area contributed by atoms with Crippen molar-refractivity contribution in [3.8, 4) is 0 Å². The molecule has 110 valence electrons. The van der Waals surface area contributed by atoms with Crippen molar-refractivity contribution in [3.63, 3.8) is 0 Å². The van der Waals surface area contributed by atoms with Gasteiger partial charge < -0.3 is 9.88 Å². The third-order valence-electron chi connectivity index (χ3n) is 3.78. The molecule has 0 unspecified atom stereocenters. The van der Waals surface area contributed by atoms with E-state index < -0.39 is 0 Å². The maximum Gasteiger partial charge on any atom is 0.140 e. The van der Waals surface area contributed by atoms with Crippen LogP contribution in [0.4, 0.5) is 0 Å². The number of nitrogens with zero attached hydrogens (tertiary/aromatic N) is 2. The van der Waals surface area contributed by atoms with E-state index >= 15 is 0 Å². The maximum atomic E-state index is 4.56. The SMILES string of the molecule is CCCCCCCn1cc(CNCC)c2cccnc21. The van der Waals surface area contributed by atoms with Crippen molar-refractivity contribution in [1.82, 2.24) is 14.9 Å². The standard InChI is InChI=1S/C17H27N3/c1-3-5-6-7-8-12-20-14-15(13-18-4-2)16-10-9-11-19-17(16)20/h9-11,14,18H,3-8,12-13H2,1-2H3. The van der Waals surface area contributed by atoms with Gasteiger partial charge in [-0.25, -0.2) is 4.98 Å². The Balaban J connectivity index is 2.04. The number of aromatic nitrogens is 2. The van der Waals surface area contributed by atoms with E-state index in [0.29, 0.717) is 0 Å². The lowest BCUT2D eigenvalue weighted by atomic mass is 10.1. The first kappa shape index (κ1) is 15.0. The van der Waals surface area contributed by atoms with E-state index in [1.165, 1.54) is 43.1 Å². The lowest BCUT2D eigenvalue weighted by Crippen LogP contribution is -2.11. The molecule has 3 heteroatoms. The summed E-state index contributed by atoms with van der Waals surface area (Å²) in [4.78, 5) is 4.56. The highest BCUT2D eigenvalue weighted by molar-refractivity contribution is 5.80. The molecule has 0 aliphatic rings. The molecule has 2 rings (SSSR count). The number of hydrogen-bond donors (Lipinski definition) is 1. The van der Waals surface area contributed by atoms with E-state index in [0.717, 1.165) is 25.3 Å². The van der Waals surface area contributed by atoms with Gasteiger partial charge in [0, 0.05) is 30.9 Å². The molecule has 0 radical (unpaired) electrons. The van der Waals surface area contributed by atoms with E-state index in [1.54, 1.807) is 0 Å². The van der Waals surface area contributed by atoms with E-state index in [9.17, 15) is 0 Å². The topological polar surface area (TPSA) is 29.9 Å². The molecule has 0 fully saturated rings. The Morgan fingerprint density at radius 2 is 2.00 bits per heavy atom. The number of aryl methyl sites for hydroxylation is 1. The minimum Gasteiger partial charge on any atom is -0.332 e. The molecule has 0 saturated carbocycles. The number of nitrogens with one attached hydrogen (secondary N) is 1. The predicted octanol–water partition coefficient (Wildman–Crippen LogP) is 4.12. The monoisotopic (exact) mass is 273 g/mol. The summed E-state index contributed by atoms with van der Waals surface area (Å²) in [6.45, 7) is 7.43. The minimum atomic E-state index is 0.932. The molecule has 0 aliphatic carbocycles. The van der Waals surface area contributed by atoms with Crippen molar-refractivity contribution >= 4 is 11.0 Å². The molecule has 2 heterocycles. The van der Waals surface area contributed by atoms with Gasteiger partial charge in [0.05, 0.1) is 0 Å². The number of pyridine rings is 1. The Kier molecular flexibility index (Phi) is 6.06. The van der Waals surface area contributed by atoms with Gasteiger partial charge in [0.1, 0.15) is 5.65 Å². The summed E-state index contributed by atoms with van der Waals surface area (Å²) in [5, 5.41) is 4.71. The fourth-order valence-electron chi connectivity index (χ4n) is 2.65. The molecule has 0 amide bonds. The lowest BCUT2D eigenvalue weighted by Gasteiger charge is -2.04. The van der Waals surface area contributed by atoms with Crippen LogP contribution in [0.2, 0.25) is 0 Å². The Morgan fingerprint density at radius 1 is 1.15 bits per heavy atom. The van der Waals surface area contributed by atoms with Crippen LogP contribution >= 0.6 is 0 Å². The molecule has 0 bridgehead atoms. The summed E-state index contributed by atoms with van der Waals surface area (Å²) in [5.74, 6) is 0. The summed E-state index contributed by atoms with van der Waals surface area (Å²) >= 11 is 0. The van der Waals surface area contributed by atoms with Crippen molar-refractivity contribution in [2.24, 2.45) is 0 Å². The Bertz CT molecular complexity index is 516. The second-order valence-electron chi connectivity index (χ2n) is 5.42. The Labute approximate surface area is 122 Å². The van der Waals surface area contributed by atoms with E-state index in [4.69, 9.17) is 0 Å². The normalized spacial score (nSPS) is 11.3. The van der Waals surface area contributed by atoms with Crippen LogP contribution in [0.5, 0.6) is 0 Å². The molecule has 0 aliphatic heterocycles. The fraction of sp³-hybridized carbons (Fsp3) is 0.588. The van der Waals surface area contributed by atoms with Crippen LogP contribution in [0, 0.1) is 0 Å². The van der Waals surface area contributed by atoms with Gasteiger partial charge >= 0.3 is 0 Å². The number of hydrogen-bond acceptors (Lipinski definition) is 2. The molecule has 3 nitrogen and oxygen atoms in total. The van der Waals surface area contributed by atoms with Gasteiger partial charge in [-0.15, -0.1) is 0 Å².